The Kier molecular flexibility index (Phi) is 4.74. The lowest BCUT2D eigenvalue weighted by Gasteiger charge is -2.25. The number of nitrogens with two attached hydrogens (primary N) is 1. The van der Waals surface area contributed by atoms with Crippen molar-refractivity contribution in [2.45, 2.75) is 12.5 Å². The van der Waals surface area contributed by atoms with Crippen LogP contribution in [0.4, 0.5) is 0 Å². The van der Waals surface area contributed by atoms with E-state index in [2.05, 4.69) is 0 Å². The Labute approximate surface area is 132 Å². The number of carbonyl (C=O) groups excluding carboxylic acids is 1. The number of carboxylic acid groups (broad SMARTS) is 1. The van der Waals surface area contributed by atoms with Gasteiger partial charge >= 0.3 is 5.97 Å². The van der Waals surface area contributed by atoms with Crippen molar-refractivity contribution < 1.29 is 23.1 Å². The van der Waals surface area contributed by atoms with Crippen LogP contribution in [0.15, 0.2) is 24.3 Å². The van der Waals surface area contributed by atoms with Gasteiger partial charge in [-0.3, -0.25) is 4.79 Å². The highest BCUT2D eigenvalue weighted by Crippen LogP contribution is 2.30. The summed E-state index contributed by atoms with van der Waals surface area (Å²) in [5.74, 6) is -2.48. The summed E-state index contributed by atoms with van der Waals surface area (Å²) in [5, 5.41) is 14.8. The van der Waals surface area contributed by atoms with Gasteiger partial charge in [0, 0.05) is 23.9 Å². The molecule has 1 aliphatic rings. The number of aliphatic carboxylic acids is 1. The molecule has 0 aromatic heterocycles. The first kappa shape index (κ1) is 16.7. The van der Waals surface area contributed by atoms with E-state index < -0.39 is 33.9 Å². The predicted molar refractivity (Wildman–Crippen MR) is 79.6 cm³/mol. The van der Waals surface area contributed by atoms with Gasteiger partial charge in [-0.15, -0.1) is 0 Å². The van der Waals surface area contributed by atoms with Crippen LogP contribution in [0.25, 0.3) is 0 Å². The van der Waals surface area contributed by atoms with Crippen LogP contribution in [0.1, 0.15) is 18.0 Å². The van der Waals surface area contributed by atoms with E-state index in [9.17, 15) is 23.1 Å². The van der Waals surface area contributed by atoms with Gasteiger partial charge < -0.3 is 10.0 Å². The molecule has 1 aliphatic heterocycles. The summed E-state index contributed by atoms with van der Waals surface area (Å²) in [6.45, 7) is 0.0265. The highest BCUT2D eigenvalue weighted by Gasteiger charge is 2.39. The largest absolute Gasteiger partial charge is 0.479 e. The van der Waals surface area contributed by atoms with Gasteiger partial charge in [0.2, 0.25) is 15.9 Å². The van der Waals surface area contributed by atoms with Gasteiger partial charge in [0.1, 0.15) is 0 Å². The fourth-order valence-electron chi connectivity index (χ4n) is 2.63. The number of benzene rings is 1. The number of primary sulfonamides is 1. The van der Waals surface area contributed by atoms with Crippen LogP contribution in [0.3, 0.4) is 0 Å². The molecule has 0 aliphatic carbocycles. The molecule has 1 aromatic rings. The third-order valence-corrected chi connectivity index (χ3v) is 4.59. The minimum absolute atomic E-state index is 0.0265. The Morgan fingerprint density at radius 1 is 1.50 bits per heavy atom. The second-order valence-corrected chi connectivity index (χ2v) is 7.34. The summed E-state index contributed by atoms with van der Waals surface area (Å²) < 4.78 is 22.3. The molecule has 120 valence electrons. The summed E-state index contributed by atoms with van der Waals surface area (Å²) in [6.07, 6.45) is -0.0409. The first-order valence-electron chi connectivity index (χ1n) is 6.45. The summed E-state index contributed by atoms with van der Waals surface area (Å²) in [4.78, 5) is 24.8. The molecule has 2 atom stereocenters. The molecule has 1 heterocycles. The molecule has 0 spiro atoms. The van der Waals surface area contributed by atoms with Crippen molar-refractivity contribution in [2.24, 2.45) is 11.1 Å². The van der Waals surface area contributed by atoms with E-state index in [1.165, 1.54) is 6.07 Å². The maximum Gasteiger partial charge on any atom is 0.331 e. The Morgan fingerprint density at radius 2 is 2.18 bits per heavy atom. The van der Waals surface area contributed by atoms with Crippen LogP contribution in [-0.2, 0) is 19.6 Å². The Balaban J connectivity index is 2.27. The summed E-state index contributed by atoms with van der Waals surface area (Å²) in [7, 11) is -3.72. The van der Waals surface area contributed by atoms with Crippen LogP contribution in [0.2, 0.25) is 5.02 Å². The molecule has 2 rings (SSSR count). The molecule has 22 heavy (non-hydrogen) atoms. The second kappa shape index (κ2) is 6.23. The molecule has 1 saturated heterocycles. The van der Waals surface area contributed by atoms with Crippen LogP contribution in [0.5, 0.6) is 0 Å². The first-order valence-corrected chi connectivity index (χ1v) is 8.55. The quantitative estimate of drug-likeness (QED) is 0.809. The first-order chi connectivity index (χ1) is 10.2. The van der Waals surface area contributed by atoms with Gasteiger partial charge in [0.05, 0.1) is 5.75 Å². The number of nitrogens with zero attached hydrogens (tertiary/aromatic N) is 1. The van der Waals surface area contributed by atoms with E-state index >= 15 is 0 Å². The zero-order chi connectivity index (χ0) is 16.5. The average Bonchev–Trinajstić information content (AvgIpc) is 2.67. The minimum Gasteiger partial charge on any atom is -0.479 e. The molecular weight excluding hydrogens is 332 g/mol. The van der Waals surface area contributed by atoms with E-state index in [1.54, 1.807) is 18.2 Å². The van der Waals surface area contributed by atoms with Crippen LogP contribution in [-0.4, -0.2) is 42.6 Å². The summed E-state index contributed by atoms with van der Waals surface area (Å²) in [6, 6.07) is 5.03. The number of halogens is 1. The third-order valence-electron chi connectivity index (χ3n) is 3.42. The Morgan fingerprint density at radius 3 is 2.73 bits per heavy atom. The SMILES string of the molecule is NS(=O)(=O)CC1CC(=O)N(C(C(=O)O)c2cccc(Cl)c2)C1. The molecule has 1 aromatic carbocycles. The second-order valence-electron chi connectivity index (χ2n) is 5.24. The number of rotatable bonds is 5. The van der Waals surface area contributed by atoms with Crippen molar-refractivity contribution in [3.63, 3.8) is 0 Å². The van der Waals surface area contributed by atoms with Crippen molar-refractivity contribution in [2.75, 3.05) is 12.3 Å². The number of likely N-dealkylation sites (tertiary alicyclic amines) is 1. The summed E-state index contributed by atoms with van der Waals surface area (Å²) in [5.41, 5.74) is 0.365. The van der Waals surface area contributed by atoms with Crippen LogP contribution in [0, 0.1) is 5.92 Å². The molecule has 0 bridgehead atoms. The van der Waals surface area contributed by atoms with Crippen LogP contribution < -0.4 is 5.14 Å². The summed E-state index contributed by atoms with van der Waals surface area (Å²) >= 11 is 5.86. The highest BCUT2D eigenvalue weighted by atomic mass is 35.5. The van der Waals surface area contributed by atoms with Gasteiger partial charge in [-0.2, -0.15) is 0 Å². The minimum atomic E-state index is -3.72. The smallest absolute Gasteiger partial charge is 0.331 e. The fourth-order valence-corrected chi connectivity index (χ4v) is 3.71. The number of carbonyl (C=O) groups is 2. The zero-order valence-electron chi connectivity index (χ0n) is 11.5. The molecule has 1 fully saturated rings. The lowest BCUT2D eigenvalue weighted by molar-refractivity contribution is -0.148. The fraction of sp³-hybridized carbons (Fsp3) is 0.385. The zero-order valence-corrected chi connectivity index (χ0v) is 13.0. The van der Waals surface area contributed by atoms with Gasteiger partial charge in [-0.25, -0.2) is 18.4 Å². The number of hydrogen-bond donors (Lipinski definition) is 2. The van der Waals surface area contributed by atoms with E-state index in [0.717, 1.165) is 4.90 Å². The van der Waals surface area contributed by atoms with Crippen molar-refractivity contribution >= 4 is 33.5 Å². The number of amides is 1. The van der Waals surface area contributed by atoms with Gasteiger partial charge in [-0.1, -0.05) is 23.7 Å². The van der Waals surface area contributed by atoms with Gasteiger partial charge in [0.25, 0.3) is 0 Å². The topological polar surface area (TPSA) is 118 Å². The van der Waals surface area contributed by atoms with Crippen molar-refractivity contribution in [3.05, 3.63) is 34.9 Å². The molecule has 9 heteroatoms. The van der Waals surface area contributed by atoms with Gasteiger partial charge in [0.15, 0.2) is 6.04 Å². The van der Waals surface area contributed by atoms with E-state index in [1.807, 2.05) is 0 Å². The predicted octanol–water partition coefficient (Wildman–Crippen LogP) is 0.603. The monoisotopic (exact) mass is 346 g/mol. The molecule has 3 N–H and O–H groups in total. The van der Waals surface area contributed by atoms with E-state index in [0.29, 0.717) is 10.6 Å². The number of carboxylic acids is 1. The molecule has 1 amide bonds. The van der Waals surface area contributed by atoms with Crippen molar-refractivity contribution in [1.82, 2.24) is 4.90 Å². The maximum absolute atomic E-state index is 12.1. The van der Waals surface area contributed by atoms with Crippen molar-refractivity contribution in [1.29, 1.82) is 0 Å². The van der Waals surface area contributed by atoms with E-state index in [-0.39, 0.29) is 18.7 Å². The van der Waals surface area contributed by atoms with Crippen molar-refractivity contribution in [3.8, 4) is 0 Å². The highest BCUT2D eigenvalue weighted by molar-refractivity contribution is 7.89. The standard InChI is InChI=1S/C13H15ClN2O5S/c14-10-3-1-2-9(5-10)12(13(18)19)16-6-8(4-11(16)17)7-22(15,20)21/h1-3,5,8,12H,4,6-7H2,(H,18,19)(H2,15,20,21). The Hall–Kier alpha value is -1.64. The Bertz CT molecular complexity index is 706. The molecule has 7 nitrogen and oxygen atoms in total. The lowest BCUT2D eigenvalue weighted by atomic mass is 10.1. The number of sulfonamides is 1. The molecule has 2 unspecified atom stereocenters. The van der Waals surface area contributed by atoms with E-state index in [4.69, 9.17) is 16.7 Å². The van der Waals surface area contributed by atoms with Crippen LogP contribution >= 0.6 is 11.6 Å². The average molecular weight is 347 g/mol. The number of hydrogen-bond acceptors (Lipinski definition) is 4. The normalized spacial score (nSPS) is 20.2. The molecule has 0 radical (unpaired) electrons. The third kappa shape index (κ3) is 3.96. The molecule has 0 saturated carbocycles. The van der Waals surface area contributed by atoms with Gasteiger partial charge in [-0.05, 0) is 17.7 Å². The maximum atomic E-state index is 12.1. The lowest BCUT2D eigenvalue weighted by Crippen LogP contribution is -2.36. The molecular formula is C13H15ClN2O5S.